The van der Waals surface area contributed by atoms with Gasteiger partial charge in [0.1, 0.15) is 11.5 Å². The highest BCUT2D eigenvalue weighted by molar-refractivity contribution is 6.31. The fourth-order valence-electron chi connectivity index (χ4n) is 4.09. The third-order valence-electron chi connectivity index (χ3n) is 5.80. The third kappa shape index (κ3) is 4.35. The van der Waals surface area contributed by atoms with E-state index in [1.807, 2.05) is 30.5 Å². The summed E-state index contributed by atoms with van der Waals surface area (Å²) in [6.07, 6.45) is 2.94. The van der Waals surface area contributed by atoms with Crippen LogP contribution in [0.1, 0.15) is 23.2 Å². The number of aromatic amines is 1. The Balaban J connectivity index is 1.58. The minimum Gasteiger partial charge on any atom is -0.478 e. The number of aliphatic hydroxyl groups excluding tert-OH is 1. The molecule has 9 heteroatoms. The normalized spacial score (nSPS) is 14.5. The predicted octanol–water partition coefficient (Wildman–Crippen LogP) is 4.68. The molecule has 168 valence electrons. The molecule has 1 aliphatic heterocycles. The largest absolute Gasteiger partial charge is 0.478 e. The van der Waals surface area contributed by atoms with Crippen LogP contribution in [0.2, 0.25) is 5.02 Å². The van der Waals surface area contributed by atoms with Crippen molar-refractivity contribution in [3.05, 3.63) is 65.3 Å². The van der Waals surface area contributed by atoms with Crippen molar-refractivity contribution in [3.63, 3.8) is 0 Å². The van der Waals surface area contributed by atoms with Crippen molar-refractivity contribution in [1.29, 1.82) is 0 Å². The van der Waals surface area contributed by atoms with Gasteiger partial charge in [-0.2, -0.15) is 9.97 Å². The number of aromatic nitrogens is 3. The summed E-state index contributed by atoms with van der Waals surface area (Å²) in [6.45, 7) is 1.36. The molecule has 0 unspecified atom stereocenters. The molecule has 1 saturated heterocycles. The Hall–Kier alpha value is -3.62. The fraction of sp³-hybridized carbons (Fsp3) is 0.208. The van der Waals surface area contributed by atoms with Crippen molar-refractivity contribution in [1.82, 2.24) is 15.0 Å². The van der Waals surface area contributed by atoms with Gasteiger partial charge in [0, 0.05) is 35.6 Å². The molecule has 0 aliphatic carbocycles. The third-order valence-corrected chi connectivity index (χ3v) is 6.04. The van der Waals surface area contributed by atoms with Gasteiger partial charge in [0.25, 0.3) is 0 Å². The van der Waals surface area contributed by atoms with Crippen LogP contribution in [0.25, 0.3) is 22.2 Å². The van der Waals surface area contributed by atoms with E-state index < -0.39 is 5.97 Å². The first kappa shape index (κ1) is 21.2. The van der Waals surface area contributed by atoms with Gasteiger partial charge in [-0.3, -0.25) is 0 Å². The summed E-state index contributed by atoms with van der Waals surface area (Å²) in [5.41, 5.74) is 3.47. The molecule has 1 aliphatic rings. The summed E-state index contributed by atoms with van der Waals surface area (Å²) in [7, 11) is 0. The van der Waals surface area contributed by atoms with Gasteiger partial charge >= 0.3 is 5.97 Å². The second-order valence-corrected chi connectivity index (χ2v) is 8.47. The Bertz CT molecular complexity index is 1310. The molecule has 0 bridgehead atoms. The SMILES string of the molecule is O=C(O)c1ccc(Nc2nc(N3CCC(O)CC3)c3c(-c4cccc(Cl)c4)c[nH]c3n2)cc1. The van der Waals surface area contributed by atoms with Crippen molar-refractivity contribution in [2.24, 2.45) is 0 Å². The number of aliphatic hydroxyl groups is 1. The second-order valence-electron chi connectivity index (χ2n) is 8.03. The zero-order valence-electron chi connectivity index (χ0n) is 17.6. The molecule has 0 saturated carbocycles. The van der Waals surface area contributed by atoms with Gasteiger partial charge in [-0.1, -0.05) is 23.7 Å². The molecule has 4 aromatic rings. The van der Waals surface area contributed by atoms with Gasteiger partial charge in [-0.05, 0) is 54.8 Å². The molecule has 33 heavy (non-hydrogen) atoms. The molecule has 4 N–H and O–H groups in total. The van der Waals surface area contributed by atoms with Gasteiger partial charge in [0.2, 0.25) is 5.95 Å². The summed E-state index contributed by atoms with van der Waals surface area (Å²) >= 11 is 6.24. The number of benzene rings is 2. The van der Waals surface area contributed by atoms with Crippen molar-refractivity contribution < 1.29 is 15.0 Å². The number of aromatic carboxylic acids is 1. The van der Waals surface area contributed by atoms with Crippen molar-refractivity contribution in [2.75, 3.05) is 23.3 Å². The molecule has 2 aromatic carbocycles. The summed E-state index contributed by atoms with van der Waals surface area (Å²) < 4.78 is 0. The zero-order chi connectivity index (χ0) is 22.9. The molecular formula is C24H22ClN5O3. The molecule has 0 amide bonds. The Morgan fingerprint density at radius 1 is 1.12 bits per heavy atom. The number of carboxylic acid groups (broad SMARTS) is 1. The van der Waals surface area contributed by atoms with Gasteiger partial charge < -0.3 is 25.4 Å². The van der Waals surface area contributed by atoms with E-state index in [2.05, 4.69) is 20.2 Å². The van der Waals surface area contributed by atoms with Gasteiger partial charge in [-0.25, -0.2) is 4.79 Å². The highest BCUT2D eigenvalue weighted by Crippen LogP contribution is 2.37. The van der Waals surface area contributed by atoms with Crippen molar-refractivity contribution in [2.45, 2.75) is 18.9 Å². The number of piperidine rings is 1. The van der Waals surface area contributed by atoms with Crippen LogP contribution in [0.4, 0.5) is 17.5 Å². The minimum atomic E-state index is -0.978. The number of rotatable bonds is 5. The first-order valence-corrected chi connectivity index (χ1v) is 11.0. The standard InChI is InChI=1S/C24H22ClN5O3/c25-16-3-1-2-15(12-16)19-13-26-21-20(19)22(30-10-8-18(31)9-11-30)29-24(28-21)27-17-6-4-14(5-7-17)23(32)33/h1-7,12-13,18,31H,8-11H2,(H,32,33)(H2,26,27,28,29). The van der Waals surface area contributed by atoms with E-state index in [-0.39, 0.29) is 11.7 Å². The van der Waals surface area contributed by atoms with Crippen LogP contribution in [-0.4, -0.2) is 50.3 Å². The van der Waals surface area contributed by atoms with Crippen LogP contribution in [0, 0.1) is 0 Å². The van der Waals surface area contributed by atoms with Gasteiger partial charge in [-0.15, -0.1) is 0 Å². The van der Waals surface area contributed by atoms with E-state index in [1.54, 1.807) is 12.1 Å². The van der Waals surface area contributed by atoms with Crippen LogP contribution >= 0.6 is 11.6 Å². The van der Waals surface area contributed by atoms with Crippen LogP contribution < -0.4 is 10.2 Å². The lowest BCUT2D eigenvalue weighted by atomic mass is 10.0. The number of fused-ring (bicyclic) bond motifs is 1. The number of anilines is 3. The first-order chi connectivity index (χ1) is 16.0. The smallest absolute Gasteiger partial charge is 0.335 e. The van der Waals surface area contributed by atoms with E-state index >= 15 is 0 Å². The molecule has 8 nitrogen and oxygen atoms in total. The molecule has 5 rings (SSSR count). The zero-order valence-corrected chi connectivity index (χ0v) is 18.4. The summed E-state index contributed by atoms with van der Waals surface area (Å²) in [5.74, 6) is 0.188. The monoisotopic (exact) mass is 463 g/mol. The van der Waals surface area contributed by atoms with Crippen LogP contribution in [0.15, 0.2) is 54.7 Å². The number of halogens is 1. The quantitative estimate of drug-likeness (QED) is 0.339. The topological polar surface area (TPSA) is 114 Å². The highest BCUT2D eigenvalue weighted by Gasteiger charge is 2.24. The van der Waals surface area contributed by atoms with Gasteiger partial charge in [0.15, 0.2) is 0 Å². The molecular weight excluding hydrogens is 442 g/mol. The highest BCUT2D eigenvalue weighted by atomic mass is 35.5. The average Bonchev–Trinajstić information content (AvgIpc) is 3.23. The number of H-pyrrole nitrogens is 1. The van der Waals surface area contributed by atoms with Crippen LogP contribution in [0.5, 0.6) is 0 Å². The maximum Gasteiger partial charge on any atom is 0.335 e. The van der Waals surface area contributed by atoms with E-state index in [4.69, 9.17) is 21.7 Å². The summed E-state index contributed by atoms with van der Waals surface area (Å²) in [6, 6.07) is 14.1. The van der Waals surface area contributed by atoms with E-state index in [1.165, 1.54) is 12.1 Å². The summed E-state index contributed by atoms with van der Waals surface area (Å²) in [4.78, 5) is 26.0. The minimum absolute atomic E-state index is 0.208. The molecule has 0 radical (unpaired) electrons. The maximum atomic E-state index is 11.1. The van der Waals surface area contributed by atoms with E-state index in [0.717, 1.165) is 22.3 Å². The van der Waals surface area contributed by atoms with Crippen LogP contribution in [-0.2, 0) is 0 Å². The average molecular weight is 464 g/mol. The fourth-order valence-corrected chi connectivity index (χ4v) is 4.28. The van der Waals surface area contributed by atoms with Crippen molar-refractivity contribution >= 4 is 46.1 Å². The van der Waals surface area contributed by atoms with Gasteiger partial charge in [0.05, 0.1) is 17.1 Å². The lowest BCUT2D eigenvalue weighted by Gasteiger charge is -2.31. The second kappa shape index (κ2) is 8.73. The number of nitrogens with zero attached hydrogens (tertiary/aromatic N) is 3. The number of carbonyl (C=O) groups is 1. The molecule has 0 atom stereocenters. The Morgan fingerprint density at radius 2 is 1.88 bits per heavy atom. The maximum absolute atomic E-state index is 11.1. The lowest BCUT2D eigenvalue weighted by Crippen LogP contribution is -2.36. The molecule has 0 spiro atoms. The van der Waals surface area contributed by atoms with Crippen LogP contribution in [0.3, 0.4) is 0 Å². The molecule has 1 fully saturated rings. The number of hydrogen-bond acceptors (Lipinski definition) is 6. The van der Waals surface area contributed by atoms with E-state index in [9.17, 15) is 9.90 Å². The Labute approximate surface area is 194 Å². The number of hydrogen-bond donors (Lipinski definition) is 4. The predicted molar refractivity (Wildman–Crippen MR) is 128 cm³/mol. The Morgan fingerprint density at radius 3 is 2.58 bits per heavy atom. The summed E-state index contributed by atoms with van der Waals surface area (Å²) in [5, 5.41) is 23.8. The number of carboxylic acids is 1. The Kier molecular flexibility index (Phi) is 5.62. The molecule has 3 heterocycles. The lowest BCUT2D eigenvalue weighted by molar-refractivity contribution is 0.0697. The van der Waals surface area contributed by atoms with E-state index in [0.29, 0.717) is 48.2 Å². The first-order valence-electron chi connectivity index (χ1n) is 10.7. The van der Waals surface area contributed by atoms with Crippen molar-refractivity contribution in [3.8, 4) is 11.1 Å². The molecule has 2 aromatic heterocycles. The number of nitrogens with one attached hydrogen (secondary N) is 2.